The fourth-order valence-corrected chi connectivity index (χ4v) is 3.93. The van der Waals surface area contributed by atoms with Gasteiger partial charge in [-0.25, -0.2) is 0 Å². The van der Waals surface area contributed by atoms with E-state index in [1.165, 1.54) is 10.4 Å². The molecule has 2 unspecified atom stereocenters. The SMILES string of the molecule is CCNC(c1csc(C)c1)C(C)(CC)N1CCOCC1. The van der Waals surface area contributed by atoms with Gasteiger partial charge in [-0.3, -0.25) is 4.90 Å². The summed E-state index contributed by atoms with van der Waals surface area (Å²) in [5, 5.41) is 6.04. The van der Waals surface area contributed by atoms with Crippen LogP contribution in [0.25, 0.3) is 0 Å². The Morgan fingerprint density at radius 1 is 1.40 bits per heavy atom. The molecule has 1 aromatic rings. The highest BCUT2D eigenvalue weighted by atomic mass is 32.1. The van der Waals surface area contributed by atoms with E-state index >= 15 is 0 Å². The van der Waals surface area contributed by atoms with Crippen LogP contribution < -0.4 is 5.32 Å². The van der Waals surface area contributed by atoms with Crippen molar-refractivity contribution in [2.24, 2.45) is 0 Å². The number of aryl methyl sites for hydroxylation is 1. The summed E-state index contributed by atoms with van der Waals surface area (Å²) in [6.07, 6.45) is 1.14. The monoisotopic (exact) mass is 296 g/mol. The fourth-order valence-electron chi connectivity index (χ4n) is 3.20. The summed E-state index contributed by atoms with van der Waals surface area (Å²) in [5.74, 6) is 0. The number of likely N-dealkylation sites (N-methyl/N-ethyl adjacent to an activating group) is 1. The van der Waals surface area contributed by atoms with Crippen LogP contribution in [0.5, 0.6) is 0 Å². The van der Waals surface area contributed by atoms with Crippen LogP contribution >= 0.6 is 11.3 Å². The van der Waals surface area contributed by atoms with Gasteiger partial charge in [0.2, 0.25) is 0 Å². The van der Waals surface area contributed by atoms with Crippen LogP contribution in [-0.2, 0) is 4.74 Å². The van der Waals surface area contributed by atoms with Crippen molar-refractivity contribution < 1.29 is 4.74 Å². The van der Waals surface area contributed by atoms with Crippen molar-refractivity contribution in [3.05, 3.63) is 21.9 Å². The Labute approximate surface area is 127 Å². The molecule has 2 atom stereocenters. The number of morpholine rings is 1. The van der Waals surface area contributed by atoms with Gasteiger partial charge >= 0.3 is 0 Å². The number of hydrogen-bond donors (Lipinski definition) is 1. The second-order valence-electron chi connectivity index (χ2n) is 5.79. The zero-order chi connectivity index (χ0) is 14.6. The van der Waals surface area contributed by atoms with Gasteiger partial charge in [0, 0.05) is 23.5 Å². The summed E-state index contributed by atoms with van der Waals surface area (Å²) in [4.78, 5) is 4.00. The molecule has 0 aromatic carbocycles. The lowest BCUT2D eigenvalue weighted by Crippen LogP contribution is -2.57. The number of thiophene rings is 1. The van der Waals surface area contributed by atoms with E-state index in [4.69, 9.17) is 4.74 Å². The third kappa shape index (κ3) is 3.25. The Kier molecular flexibility index (Phi) is 5.61. The van der Waals surface area contributed by atoms with E-state index in [1.807, 2.05) is 11.3 Å². The van der Waals surface area contributed by atoms with Gasteiger partial charge in [-0.1, -0.05) is 13.8 Å². The van der Waals surface area contributed by atoms with E-state index in [0.717, 1.165) is 39.3 Å². The van der Waals surface area contributed by atoms with Crippen molar-refractivity contribution in [1.29, 1.82) is 0 Å². The molecule has 1 saturated heterocycles. The predicted molar refractivity (Wildman–Crippen MR) is 86.6 cm³/mol. The number of rotatable bonds is 6. The van der Waals surface area contributed by atoms with Crippen molar-refractivity contribution in [3.8, 4) is 0 Å². The lowest BCUT2D eigenvalue weighted by molar-refractivity contribution is -0.0326. The molecule has 1 aromatic heterocycles. The first-order valence-corrected chi connectivity index (χ1v) is 8.61. The lowest BCUT2D eigenvalue weighted by Gasteiger charge is -2.48. The minimum atomic E-state index is 0.146. The highest BCUT2D eigenvalue weighted by Gasteiger charge is 2.39. The van der Waals surface area contributed by atoms with Gasteiger partial charge in [0.25, 0.3) is 0 Å². The average Bonchev–Trinajstić information content (AvgIpc) is 2.91. The molecule has 0 bridgehead atoms. The highest BCUT2D eigenvalue weighted by Crippen LogP contribution is 2.36. The fraction of sp³-hybridized carbons (Fsp3) is 0.750. The number of nitrogens with one attached hydrogen (secondary N) is 1. The molecular weight excluding hydrogens is 268 g/mol. The maximum absolute atomic E-state index is 5.53. The van der Waals surface area contributed by atoms with Crippen molar-refractivity contribution >= 4 is 11.3 Å². The summed E-state index contributed by atoms with van der Waals surface area (Å²) >= 11 is 1.85. The lowest BCUT2D eigenvalue weighted by atomic mass is 9.83. The Bertz CT molecular complexity index is 414. The third-order valence-electron chi connectivity index (χ3n) is 4.56. The van der Waals surface area contributed by atoms with E-state index in [2.05, 4.69) is 49.4 Å². The molecule has 4 heteroatoms. The van der Waals surface area contributed by atoms with E-state index in [0.29, 0.717) is 6.04 Å². The summed E-state index contributed by atoms with van der Waals surface area (Å²) in [6, 6.07) is 2.73. The summed E-state index contributed by atoms with van der Waals surface area (Å²) in [7, 11) is 0. The van der Waals surface area contributed by atoms with Gasteiger partial charge in [-0.2, -0.15) is 0 Å². The van der Waals surface area contributed by atoms with Crippen LogP contribution in [0.2, 0.25) is 0 Å². The molecule has 1 aliphatic heterocycles. The first-order chi connectivity index (χ1) is 9.61. The standard InChI is InChI=1S/C16H28N2OS/c1-5-16(4,18-7-9-19-10-8-18)15(17-6-2)14-11-13(3)20-12-14/h11-12,15,17H,5-10H2,1-4H3. The maximum atomic E-state index is 5.53. The Morgan fingerprint density at radius 2 is 2.10 bits per heavy atom. The van der Waals surface area contributed by atoms with Gasteiger partial charge < -0.3 is 10.1 Å². The Balaban J connectivity index is 2.27. The highest BCUT2D eigenvalue weighted by molar-refractivity contribution is 7.10. The Hall–Kier alpha value is -0.420. The molecule has 20 heavy (non-hydrogen) atoms. The normalized spacial score (nSPS) is 21.6. The summed E-state index contributed by atoms with van der Waals surface area (Å²) in [6.45, 7) is 13.9. The molecule has 0 radical (unpaired) electrons. The molecule has 0 saturated carbocycles. The van der Waals surface area contributed by atoms with Crippen LogP contribution in [0, 0.1) is 6.92 Å². The molecule has 0 aliphatic carbocycles. The Morgan fingerprint density at radius 3 is 2.60 bits per heavy atom. The van der Waals surface area contributed by atoms with Gasteiger partial charge in [0.05, 0.1) is 19.3 Å². The topological polar surface area (TPSA) is 24.5 Å². The van der Waals surface area contributed by atoms with Gasteiger partial charge in [-0.15, -0.1) is 11.3 Å². The number of nitrogens with zero attached hydrogens (tertiary/aromatic N) is 1. The molecule has 0 amide bonds. The van der Waals surface area contributed by atoms with Crippen molar-refractivity contribution in [3.63, 3.8) is 0 Å². The van der Waals surface area contributed by atoms with Crippen LogP contribution in [0.15, 0.2) is 11.4 Å². The quantitative estimate of drug-likeness (QED) is 0.872. The molecule has 1 aliphatic rings. The largest absolute Gasteiger partial charge is 0.379 e. The molecular formula is C16H28N2OS. The van der Waals surface area contributed by atoms with E-state index < -0.39 is 0 Å². The average molecular weight is 296 g/mol. The first-order valence-electron chi connectivity index (χ1n) is 7.73. The van der Waals surface area contributed by atoms with Crippen LogP contribution in [0.4, 0.5) is 0 Å². The van der Waals surface area contributed by atoms with Crippen molar-refractivity contribution in [2.75, 3.05) is 32.8 Å². The molecule has 0 spiro atoms. The summed E-state index contributed by atoms with van der Waals surface area (Å²) in [5.41, 5.74) is 1.58. The predicted octanol–water partition coefficient (Wildman–Crippen LogP) is 3.21. The number of hydrogen-bond acceptors (Lipinski definition) is 4. The smallest absolute Gasteiger partial charge is 0.0594 e. The minimum absolute atomic E-state index is 0.146. The second kappa shape index (κ2) is 7.03. The molecule has 114 valence electrons. The number of ether oxygens (including phenoxy) is 1. The van der Waals surface area contributed by atoms with Crippen molar-refractivity contribution in [2.45, 2.75) is 45.7 Å². The minimum Gasteiger partial charge on any atom is -0.379 e. The molecule has 2 rings (SSSR count). The van der Waals surface area contributed by atoms with Crippen LogP contribution in [0.1, 0.15) is 43.7 Å². The van der Waals surface area contributed by atoms with E-state index in [-0.39, 0.29) is 5.54 Å². The van der Waals surface area contributed by atoms with Gasteiger partial charge in [-0.05, 0) is 43.8 Å². The zero-order valence-corrected chi connectivity index (χ0v) is 14.1. The maximum Gasteiger partial charge on any atom is 0.0594 e. The molecule has 3 nitrogen and oxygen atoms in total. The summed E-state index contributed by atoms with van der Waals surface area (Å²) < 4.78 is 5.53. The second-order valence-corrected chi connectivity index (χ2v) is 6.91. The van der Waals surface area contributed by atoms with Crippen LogP contribution in [0.3, 0.4) is 0 Å². The van der Waals surface area contributed by atoms with Crippen LogP contribution in [-0.4, -0.2) is 43.3 Å². The third-order valence-corrected chi connectivity index (χ3v) is 5.44. The molecule has 2 heterocycles. The first kappa shape index (κ1) is 16.0. The van der Waals surface area contributed by atoms with Gasteiger partial charge in [0.1, 0.15) is 0 Å². The van der Waals surface area contributed by atoms with Crippen molar-refractivity contribution in [1.82, 2.24) is 10.2 Å². The van der Waals surface area contributed by atoms with E-state index in [9.17, 15) is 0 Å². The van der Waals surface area contributed by atoms with Gasteiger partial charge in [0.15, 0.2) is 0 Å². The van der Waals surface area contributed by atoms with E-state index in [1.54, 1.807) is 0 Å². The molecule has 1 fully saturated rings. The molecule has 1 N–H and O–H groups in total. The zero-order valence-electron chi connectivity index (χ0n) is 13.2.